The van der Waals surface area contributed by atoms with Crippen molar-refractivity contribution in [2.75, 3.05) is 12.3 Å². The standard InChI is InChI=1S/C16H18N2O4S/c1-2-21-16(20)14-12(11(8-17)15(18)23-14)9-22-13(19)7-10-5-3-4-6-10/h3,5,10H,2,4,6-7,9,18H2,1H3/t10-/m0/s1. The molecule has 23 heavy (non-hydrogen) atoms. The van der Waals surface area contributed by atoms with Crippen LogP contribution in [-0.4, -0.2) is 18.5 Å². The lowest BCUT2D eigenvalue weighted by Gasteiger charge is -2.09. The average Bonchev–Trinajstić information content (AvgIpc) is 3.12. The molecule has 1 atom stereocenters. The lowest BCUT2D eigenvalue weighted by molar-refractivity contribution is -0.145. The van der Waals surface area contributed by atoms with Crippen molar-refractivity contribution < 1.29 is 19.1 Å². The summed E-state index contributed by atoms with van der Waals surface area (Å²) in [5, 5.41) is 9.42. The first-order valence-electron chi connectivity index (χ1n) is 7.37. The number of thiophene rings is 1. The van der Waals surface area contributed by atoms with E-state index < -0.39 is 5.97 Å². The molecule has 0 amide bonds. The van der Waals surface area contributed by atoms with Gasteiger partial charge in [0, 0.05) is 5.56 Å². The molecule has 6 nitrogen and oxygen atoms in total. The molecule has 1 heterocycles. The van der Waals surface area contributed by atoms with Crippen LogP contribution in [0.25, 0.3) is 0 Å². The lowest BCUT2D eigenvalue weighted by Crippen LogP contribution is -2.12. The fourth-order valence-corrected chi connectivity index (χ4v) is 3.31. The zero-order valence-electron chi connectivity index (χ0n) is 12.8. The van der Waals surface area contributed by atoms with Crippen molar-refractivity contribution in [2.45, 2.75) is 32.8 Å². The Bertz CT molecular complexity index is 672. The van der Waals surface area contributed by atoms with Gasteiger partial charge >= 0.3 is 11.9 Å². The van der Waals surface area contributed by atoms with Crippen LogP contribution in [0.4, 0.5) is 5.00 Å². The van der Waals surface area contributed by atoms with Crippen LogP contribution in [0.1, 0.15) is 47.0 Å². The molecule has 0 saturated heterocycles. The van der Waals surface area contributed by atoms with Crippen LogP contribution in [0.3, 0.4) is 0 Å². The molecule has 1 aliphatic rings. The van der Waals surface area contributed by atoms with E-state index in [0.29, 0.717) is 12.0 Å². The van der Waals surface area contributed by atoms with Gasteiger partial charge in [-0.05, 0) is 25.7 Å². The Morgan fingerprint density at radius 1 is 1.48 bits per heavy atom. The van der Waals surface area contributed by atoms with Gasteiger partial charge in [0.25, 0.3) is 0 Å². The van der Waals surface area contributed by atoms with Gasteiger partial charge in [-0.15, -0.1) is 11.3 Å². The lowest BCUT2D eigenvalue weighted by atomic mass is 10.1. The maximum absolute atomic E-state index is 11.9. The van der Waals surface area contributed by atoms with Crippen LogP contribution in [0, 0.1) is 17.2 Å². The Labute approximate surface area is 138 Å². The molecule has 0 aliphatic heterocycles. The van der Waals surface area contributed by atoms with Crippen molar-refractivity contribution in [3.63, 3.8) is 0 Å². The van der Waals surface area contributed by atoms with Crippen molar-refractivity contribution in [1.29, 1.82) is 5.26 Å². The highest BCUT2D eigenvalue weighted by Gasteiger charge is 2.24. The third-order valence-corrected chi connectivity index (χ3v) is 4.57. The van der Waals surface area contributed by atoms with Crippen molar-refractivity contribution in [2.24, 2.45) is 5.92 Å². The maximum atomic E-state index is 11.9. The van der Waals surface area contributed by atoms with E-state index in [4.69, 9.17) is 15.2 Å². The number of anilines is 1. The highest BCUT2D eigenvalue weighted by Crippen LogP contribution is 2.32. The Morgan fingerprint density at radius 2 is 2.26 bits per heavy atom. The first-order valence-corrected chi connectivity index (χ1v) is 8.19. The average molecular weight is 334 g/mol. The van der Waals surface area contributed by atoms with Gasteiger partial charge in [0.15, 0.2) is 0 Å². The summed E-state index contributed by atoms with van der Waals surface area (Å²) in [6.45, 7) is 1.75. The second-order valence-corrected chi connectivity index (χ2v) is 6.16. The summed E-state index contributed by atoms with van der Waals surface area (Å²) < 4.78 is 10.2. The summed E-state index contributed by atoms with van der Waals surface area (Å²) in [6.07, 6.45) is 6.27. The molecule has 0 fully saturated rings. The smallest absolute Gasteiger partial charge is 0.348 e. The van der Waals surface area contributed by atoms with Crippen molar-refractivity contribution in [1.82, 2.24) is 0 Å². The summed E-state index contributed by atoms with van der Waals surface area (Å²) in [5.41, 5.74) is 6.26. The zero-order valence-corrected chi connectivity index (χ0v) is 13.6. The van der Waals surface area contributed by atoms with Gasteiger partial charge in [-0.1, -0.05) is 12.2 Å². The number of allylic oxidation sites excluding steroid dienone is 2. The highest BCUT2D eigenvalue weighted by molar-refractivity contribution is 7.18. The van der Waals surface area contributed by atoms with Crippen LogP contribution in [0.5, 0.6) is 0 Å². The molecule has 122 valence electrons. The van der Waals surface area contributed by atoms with E-state index in [2.05, 4.69) is 0 Å². The third-order valence-electron chi connectivity index (χ3n) is 3.53. The van der Waals surface area contributed by atoms with Gasteiger partial charge in [0.1, 0.15) is 22.6 Å². The topological polar surface area (TPSA) is 102 Å². The van der Waals surface area contributed by atoms with E-state index in [-0.39, 0.29) is 40.5 Å². The number of hydrogen-bond donors (Lipinski definition) is 1. The Balaban J connectivity index is 2.08. The van der Waals surface area contributed by atoms with Crippen LogP contribution in [0.2, 0.25) is 0 Å². The Morgan fingerprint density at radius 3 is 2.87 bits per heavy atom. The number of nitrogens with zero attached hydrogens (tertiary/aromatic N) is 1. The highest BCUT2D eigenvalue weighted by atomic mass is 32.1. The van der Waals surface area contributed by atoms with Gasteiger partial charge in [-0.3, -0.25) is 4.79 Å². The van der Waals surface area contributed by atoms with Crippen molar-refractivity contribution in [3.8, 4) is 6.07 Å². The summed E-state index contributed by atoms with van der Waals surface area (Å²) in [4.78, 5) is 24.1. The van der Waals surface area contributed by atoms with Gasteiger partial charge in [-0.25, -0.2) is 4.79 Å². The molecule has 0 aromatic carbocycles. The molecule has 0 saturated carbocycles. The van der Waals surface area contributed by atoms with E-state index >= 15 is 0 Å². The second-order valence-electron chi connectivity index (χ2n) is 5.11. The summed E-state index contributed by atoms with van der Waals surface area (Å²) in [5.74, 6) is -0.712. The molecule has 0 spiro atoms. The normalized spacial score (nSPS) is 16.1. The minimum atomic E-state index is -0.560. The van der Waals surface area contributed by atoms with Crippen LogP contribution in [0.15, 0.2) is 12.2 Å². The summed E-state index contributed by atoms with van der Waals surface area (Å²) in [7, 11) is 0. The van der Waals surface area contributed by atoms with Crippen molar-refractivity contribution >= 4 is 28.3 Å². The molecule has 1 aromatic heterocycles. The molecule has 2 N–H and O–H groups in total. The summed E-state index contributed by atoms with van der Waals surface area (Å²) >= 11 is 0.976. The maximum Gasteiger partial charge on any atom is 0.348 e. The minimum absolute atomic E-state index is 0.153. The fraction of sp³-hybridized carbons (Fsp3) is 0.438. The zero-order chi connectivity index (χ0) is 16.8. The number of hydrogen-bond acceptors (Lipinski definition) is 7. The fourth-order valence-electron chi connectivity index (χ4n) is 2.40. The van der Waals surface area contributed by atoms with E-state index in [1.807, 2.05) is 18.2 Å². The van der Waals surface area contributed by atoms with Gasteiger partial charge in [0.2, 0.25) is 0 Å². The summed E-state index contributed by atoms with van der Waals surface area (Å²) in [6, 6.07) is 1.95. The Kier molecular flexibility index (Phi) is 5.77. The molecule has 1 aromatic rings. The second kappa shape index (κ2) is 7.79. The molecule has 2 rings (SSSR count). The number of nitrogen functional groups attached to an aromatic ring is 1. The number of esters is 2. The quantitative estimate of drug-likeness (QED) is 0.634. The number of carbonyl (C=O) groups excluding carboxylic acids is 2. The predicted octanol–water partition coefficient (Wildman–Crippen LogP) is 2.78. The van der Waals surface area contributed by atoms with Gasteiger partial charge in [-0.2, -0.15) is 5.26 Å². The first kappa shape index (κ1) is 17.0. The minimum Gasteiger partial charge on any atom is -0.462 e. The largest absolute Gasteiger partial charge is 0.462 e. The number of nitrogens with two attached hydrogens (primary N) is 1. The molecule has 0 bridgehead atoms. The first-order chi connectivity index (χ1) is 11.1. The molecule has 1 aliphatic carbocycles. The number of carbonyl (C=O) groups is 2. The Hall–Kier alpha value is -2.33. The third kappa shape index (κ3) is 4.11. The molecular formula is C16H18N2O4S. The molecule has 0 unspecified atom stereocenters. The van der Waals surface area contributed by atoms with Crippen LogP contribution >= 0.6 is 11.3 Å². The van der Waals surface area contributed by atoms with E-state index in [1.165, 1.54) is 0 Å². The number of nitriles is 1. The van der Waals surface area contributed by atoms with Gasteiger partial charge < -0.3 is 15.2 Å². The van der Waals surface area contributed by atoms with E-state index in [1.54, 1.807) is 6.92 Å². The predicted molar refractivity (Wildman–Crippen MR) is 85.7 cm³/mol. The van der Waals surface area contributed by atoms with Crippen LogP contribution in [-0.2, 0) is 20.9 Å². The molecule has 7 heteroatoms. The SMILES string of the molecule is CCOC(=O)c1sc(N)c(C#N)c1COC(=O)C[C@H]1C=CCC1. The monoisotopic (exact) mass is 334 g/mol. The number of ether oxygens (including phenoxy) is 2. The van der Waals surface area contributed by atoms with Crippen LogP contribution < -0.4 is 5.73 Å². The van der Waals surface area contributed by atoms with E-state index in [9.17, 15) is 14.9 Å². The van der Waals surface area contributed by atoms with E-state index in [0.717, 1.165) is 24.2 Å². The molecule has 0 radical (unpaired) electrons. The molecular weight excluding hydrogens is 316 g/mol. The van der Waals surface area contributed by atoms with Crippen molar-refractivity contribution in [3.05, 3.63) is 28.2 Å². The van der Waals surface area contributed by atoms with Gasteiger partial charge in [0.05, 0.1) is 18.6 Å². The number of rotatable bonds is 6.